The maximum atomic E-state index is 14.4. The highest BCUT2D eigenvalue weighted by Gasteiger charge is 2.54. The average molecular weight is 534 g/mol. The Labute approximate surface area is 223 Å². The van der Waals surface area contributed by atoms with Crippen molar-refractivity contribution in [1.29, 1.82) is 0 Å². The summed E-state index contributed by atoms with van der Waals surface area (Å²) in [4.78, 5) is 29.1. The van der Waals surface area contributed by atoms with Gasteiger partial charge in [-0.3, -0.25) is 9.59 Å². The fourth-order valence-corrected chi connectivity index (χ4v) is 4.91. The van der Waals surface area contributed by atoms with Crippen molar-refractivity contribution in [2.75, 3.05) is 21.3 Å². The summed E-state index contributed by atoms with van der Waals surface area (Å²) in [6.07, 6.45) is 1.25. The number of carbonyl (C=O) groups excluding carboxylic acids is 2. The van der Waals surface area contributed by atoms with E-state index in [0.29, 0.717) is 44.4 Å². The topological polar surface area (TPSA) is 98.4 Å². The van der Waals surface area contributed by atoms with Gasteiger partial charge in [0.1, 0.15) is 11.3 Å². The lowest BCUT2D eigenvalue weighted by Crippen LogP contribution is -2.49. The fraction of sp³-hybridized carbons (Fsp3) is 0.172. The van der Waals surface area contributed by atoms with Gasteiger partial charge in [0, 0.05) is 23.0 Å². The van der Waals surface area contributed by atoms with Crippen LogP contribution in [0.3, 0.4) is 0 Å². The van der Waals surface area contributed by atoms with Crippen molar-refractivity contribution >= 4 is 34.3 Å². The number of fused-ring (bicyclic) bond motifs is 1. The van der Waals surface area contributed by atoms with E-state index in [9.17, 15) is 14.7 Å². The van der Waals surface area contributed by atoms with Crippen LogP contribution >= 0.6 is 11.6 Å². The molecular formula is C29H24ClNO7. The second-order valence-electron chi connectivity index (χ2n) is 8.73. The first-order valence-electron chi connectivity index (χ1n) is 11.6. The van der Waals surface area contributed by atoms with Crippen LogP contribution in [0.15, 0.2) is 83.0 Å². The van der Waals surface area contributed by atoms with Gasteiger partial charge in [-0.05, 0) is 59.7 Å². The number of aliphatic hydroxyl groups is 1. The van der Waals surface area contributed by atoms with Crippen molar-refractivity contribution in [1.82, 2.24) is 4.90 Å². The maximum Gasteiger partial charge on any atom is 0.290 e. The zero-order chi connectivity index (χ0) is 27.0. The normalized spacial score (nSPS) is 17.0. The molecule has 38 heavy (non-hydrogen) atoms. The van der Waals surface area contributed by atoms with Crippen LogP contribution in [0.1, 0.15) is 21.7 Å². The number of furan rings is 1. The summed E-state index contributed by atoms with van der Waals surface area (Å²) in [6.45, 7) is -0.0112. The van der Waals surface area contributed by atoms with E-state index in [1.807, 2.05) is 0 Å². The molecule has 1 atom stereocenters. The molecule has 8 nitrogen and oxygen atoms in total. The number of ketones is 1. The predicted molar refractivity (Wildman–Crippen MR) is 141 cm³/mol. The standard InChI is InChI=1S/C29H24ClNO7/c1-35-21-6-4-5-17(11-21)16-31-28(34)22(32)15-29(31,19-7-9-24(36-2)25(14-19)37-3)27(33)26-13-18-12-20(30)8-10-23(18)38-26/h4-15,32H,16H2,1-3H3. The third-order valence-corrected chi connectivity index (χ3v) is 6.82. The first kappa shape index (κ1) is 25.2. The van der Waals surface area contributed by atoms with E-state index in [1.54, 1.807) is 73.8 Å². The summed E-state index contributed by atoms with van der Waals surface area (Å²) in [5.41, 5.74) is -0.243. The third-order valence-electron chi connectivity index (χ3n) is 6.58. The molecule has 4 aromatic rings. The predicted octanol–water partition coefficient (Wildman–Crippen LogP) is 5.67. The molecule has 194 valence electrons. The molecule has 5 rings (SSSR count). The molecular weight excluding hydrogens is 510 g/mol. The summed E-state index contributed by atoms with van der Waals surface area (Å²) in [5.74, 6) is -0.464. The minimum Gasteiger partial charge on any atom is -0.503 e. The zero-order valence-electron chi connectivity index (χ0n) is 20.9. The number of hydrogen-bond donors (Lipinski definition) is 1. The minimum absolute atomic E-state index is 0.00792. The Morgan fingerprint density at radius 2 is 1.76 bits per heavy atom. The average Bonchev–Trinajstić information content (AvgIpc) is 3.47. The quantitative estimate of drug-likeness (QED) is 0.291. The Balaban J connectivity index is 1.72. The Bertz CT molecular complexity index is 1590. The van der Waals surface area contributed by atoms with Gasteiger partial charge in [-0.15, -0.1) is 0 Å². The highest BCUT2D eigenvalue weighted by Crippen LogP contribution is 2.44. The van der Waals surface area contributed by atoms with Crippen LogP contribution in [0.25, 0.3) is 11.0 Å². The molecule has 1 unspecified atom stereocenters. The van der Waals surface area contributed by atoms with E-state index in [-0.39, 0.29) is 12.3 Å². The number of Topliss-reactive ketones (excluding diaryl/α,β-unsaturated/α-hetero) is 1. The van der Waals surface area contributed by atoms with Gasteiger partial charge in [0.25, 0.3) is 5.91 Å². The maximum absolute atomic E-state index is 14.4. The summed E-state index contributed by atoms with van der Waals surface area (Å²) < 4.78 is 22.1. The van der Waals surface area contributed by atoms with Crippen LogP contribution in [0.2, 0.25) is 5.02 Å². The van der Waals surface area contributed by atoms with Crippen LogP contribution in [-0.4, -0.2) is 43.0 Å². The molecule has 0 saturated carbocycles. The second kappa shape index (κ2) is 9.79. The third kappa shape index (κ3) is 4.13. The number of carbonyl (C=O) groups is 2. The van der Waals surface area contributed by atoms with E-state index >= 15 is 0 Å². The summed E-state index contributed by atoms with van der Waals surface area (Å²) in [6, 6.07) is 18.6. The van der Waals surface area contributed by atoms with E-state index in [1.165, 1.54) is 25.2 Å². The largest absolute Gasteiger partial charge is 0.503 e. The van der Waals surface area contributed by atoms with Crippen molar-refractivity contribution in [3.8, 4) is 17.2 Å². The van der Waals surface area contributed by atoms with E-state index in [4.69, 9.17) is 30.2 Å². The molecule has 0 fully saturated rings. The number of aliphatic hydroxyl groups excluding tert-OH is 1. The molecule has 1 aromatic heterocycles. The number of amides is 1. The summed E-state index contributed by atoms with van der Waals surface area (Å²) in [7, 11) is 4.51. The molecule has 1 amide bonds. The molecule has 0 saturated heterocycles. The molecule has 0 radical (unpaired) electrons. The highest BCUT2D eigenvalue weighted by molar-refractivity contribution is 6.31. The minimum atomic E-state index is -1.76. The lowest BCUT2D eigenvalue weighted by molar-refractivity contribution is -0.131. The van der Waals surface area contributed by atoms with Crippen LogP contribution in [0.4, 0.5) is 0 Å². The first-order chi connectivity index (χ1) is 18.3. The van der Waals surface area contributed by atoms with E-state index in [2.05, 4.69) is 0 Å². The van der Waals surface area contributed by atoms with Crippen LogP contribution in [0.5, 0.6) is 17.2 Å². The molecule has 1 aliphatic rings. The van der Waals surface area contributed by atoms with Crippen LogP contribution in [0, 0.1) is 0 Å². The Morgan fingerprint density at radius 3 is 2.50 bits per heavy atom. The highest BCUT2D eigenvalue weighted by atomic mass is 35.5. The van der Waals surface area contributed by atoms with Crippen LogP contribution < -0.4 is 14.2 Å². The Kier molecular flexibility index (Phi) is 6.50. The lowest BCUT2D eigenvalue weighted by atomic mass is 9.83. The smallest absolute Gasteiger partial charge is 0.290 e. The van der Waals surface area contributed by atoms with Crippen molar-refractivity contribution in [3.05, 3.63) is 100 Å². The molecule has 9 heteroatoms. The number of benzene rings is 3. The van der Waals surface area contributed by atoms with Gasteiger partial charge in [-0.25, -0.2) is 0 Å². The zero-order valence-corrected chi connectivity index (χ0v) is 21.6. The van der Waals surface area contributed by atoms with E-state index < -0.39 is 23.0 Å². The molecule has 1 aliphatic heterocycles. The lowest BCUT2D eigenvalue weighted by Gasteiger charge is -2.36. The van der Waals surface area contributed by atoms with E-state index in [0.717, 1.165) is 0 Å². The molecule has 0 bridgehead atoms. The molecule has 0 aliphatic carbocycles. The monoisotopic (exact) mass is 533 g/mol. The van der Waals surface area contributed by atoms with Crippen molar-refractivity contribution in [2.45, 2.75) is 12.1 Å². The van der Waals surface area contributed by atoms with Gasteiger partial charge in [0.2, 0.25) is 5.78 Å². The number of nitrogens with zero attached hydrogens (tertiary/aromatic N) is 1. The summed E-state index contributed by atoms with van der Waals surface area (Å²) in [5, 5.41) is 11.8. The van der Waals surface area contributed by atoms with Gasteiger partial charge in [0.05, 0.1) is 21.3 Å². The number of rotatable bonds is 8. The Hall–Kier alpha value is -4.43. The molecule has 3 aromatic carbocycles. The van der Waals surface area contributed by atoms with Crippen molar-refractivity contribution in [2.24, 2.45) is 0 Å². The SMILES string of the molecule is COc1cccc(CN2C(=O)C(O)=CC2(C(=O)c2cc3cc(Cl)ccc3o2)c2ccc(OC)c(OC)c2)c1. The fourth-order valence-electron chi connectivity index (χ4n) is 4.73. The molecule has 2 heterocycles. The number of halogens is 1. The Morgan fingerprint density at radius 1 is 0.974 bits per heavy atom. The first-order valence-corrected chi connectivity index (χ1v) is 12.0. The van der Waals surface area contributed by atoms with Gasteiger partial charge in [-0.1, -0.05) is 29.8 Å². The number of hydrogen-bond acceptors (Lipinski definition) is 7. The molecule has 1 N–H and O–H groups in total. The number of methoxy groups -OCH3 is 3. The van der Waals surface area contributed by atoms with Gasteiger partial charge in [-0.2, -0.15) is 0 Å². The second-order valence-corrected chi connectivity index (χ2v) is 9.17. The van der Waals surface area contributed by atoms with Gasteiger partial charge < -0.3 is 28.6 Å². The van der Waals surface area contributed by atoms with Crippen molar-refractivity contribution in [3.63, 3.8) is 0 Å². The number of ether oxygens (including phenoxy) is 3. The van der Waals surface area contributed by atoms with Crippen LogP contribution in [-0.2, 0) is 16.9 Å². The van der Waals surface area contributed by atoms with Crippen molar-refractivity contribution < 1.29 is 33.3 Å². The van der Waals surface area contributed by atoms with Gasteiger partial charge in [0.15, 0.2) is 28.6 Å². The summed E-state index contributed by atoms with van der Waals surface area (Å²) >= 11 is 6.14. The molecule has 0 spiro atoms. The van der Waals surface area contributed by atoms with Gasteiger partial charge >= 0.3 is 0 Å².